The van der Waals surface area contributed by atoms with Gasteiger partial charge in [-0.15, -0.1) is 0 Å². The van der Waals surface area contributed by atoms with Gasteiger partial charge in [0.1, 0.15) is 0 Å². The Morgan fingerprint density at radius 2 is 1.84 bits per heavy atom. The quantitative estimate of drug-likeness (QED) is 0.592. The van der Waals surface area contributed by atoms with Gasteiger partial charge in [-0.2, -0.15) is 0 Å². The summed E-state index contributed by atoms with van der Waals surface area (Å²) in [6, 6.07) is 19.8. The smallest absolute Gasteiger partial charge is 0.318 e. The summed E-state index contributed by atoms with van der Waals surface area (Å²) in [7, 11) is 0. The summed E-state index contributed by atoms with van der Waals surface area (Å²) in [4.78, 5) is 14.8. The summed E-state index contributed by atoms with van der Waals surface area (Å²) in [6.45, 7) is 2.64. The van der Waals surface area contributed by atoms with Crippen molar-refractivity contribution in [1.82, 2.24) is 9.47 Å². The van der Waals surface area contributed by atoms with E-state index in [9.17, 15) is 4.79 Å². The highest BCUT2D eigenvalue weighted by atomic mass is 79.9. The molecule has 1 atom stereocenters. The number of rotatable bonds is 1. The lowest BCUT2D eigenvalue weighted by Gasteiger charge is -2.27. The van der Waals surface area contributed by atoms with Crippen molar-refractivity contribution in [2.45, 2.75) is 19.5 Å². The summed E-state index contributed by atoms with van der Waals surface area (Å²) < 4.78 is 3.16. The molecule has 2 aromatic carbocycles. The zero-order chi connectivity index (χ0) is 17.4. The minimum absolute atomic E-state index is 0.0298. The summed E-state index contributed by atoms with van der Waals surface area (Å²) in [5.41, 5.74) is 4.16. The van der Waals surface area contributed by atoms with Crippen LogP contribution in [0.4, 0.5) is 10.5 Å². The van der Waals surface area contributed by atoms with Crippen LogP contribution in [0.2, 0.25) is 0 Å². The van der Waals surface area contributed by atoms with E-state index >= 15 is 0 Å². The normalized spacial score (nSPS) is 15.9. The predicted molar refractivity (Wildman–Crippen MR) is 103 cm³/mol. The van der Waals surface area contributed by atoms with Crippen LogP contribution < -0.4 is 5.32 Å². The Bertz CT molecular complexity index is 917. The molecule has 1 aliphatic heterocycles. The van der Waals surface area contributed by atoms with Crippen LogP contribution in [0.25, 0.3) is 5.69 Å². The Morgan fingerprint density at radius 3 is 2.64 bits per heavy atom. The molecule has 0 aliphatic carbocycles. The zero-order valence-corrected chi connectivity index (χ0v) is 15.4. The van der Waals surface area contributed by atoms with Gasteiger partial charge in [0.15, 0.2) is 0 Å². The first-order chi connectivity index (χ1) is 12.1. The largest absolute Gasteiger partial charge is 0.322 e. The molecule has 1 N–H and O–H groups in total. The number of benzene rings is 2. The van der Waals surface area contributed by atoms with Crippen molar-refractivity contribution in [3.63, 3.8) is 0 Å². The number of nitrogens with one attached hydrogen (secondary N) is 1. The first-order valence-electron chi connectivity index (χ1n) is 8.22. The van der Waals surface area contributed by atoms with E-state index < -0.39 is 0 Å². The van der Waals surface area contributed by atoms with Crippen LogP contribution in [0.5, 0.6) is 0 Å². The maximum Gasteiger partial charge on any atom is 0.322 e. The number of para-hydroxylation sites is 1. The van der Waals surface area contributed by atoms with Gasteiger partial charge in [-0.25, -0.2) is 4.79 Å². The SMILES string of the molecule is CC1c2cccn2-c2ccccc2CN1C(=O)Nc1ccc(Br)cc1. The highest BCUT2D eigenvalue weighted by Crippen LogP contribution is 2.32. The highest BCUT2D eigenvalue weighted by molar-refractivity contribution is 9.10. The molecule has 0 fully saturated rings. The minimum atomic E-state index is -0.0979. The number of aromatic nitrogens is 1. The van der Waals surface area contributed by atoms with Crippen LogP contribution in [0.1, 0.15) is 24.2 Å². The Morgan fingerprint density at radius 1 is 1.08 bits per heavy atom. The van der Waals surface area contributed by atoms with E-state index in [0.717, 1.165) is 27.1 Å². The van der Waals surface area contributed by atoms with Gasteiger partial charge in [0, 0.05) is 22.1 Å². The lowest BCUT2D eigenvalue weighted by atomic mass is 10.1. The second-order valence-electron chi connectivity index (χ2n) is 6.17. The number of hydrogen-bond acceptors (Lipinski definition) is 1. The first kappa shape index (κ1) is 16.0. The number of nitrogens with zero attached hydrogens (tertiary/aromatic N) is 2. The molecule has 0 saturated carbocycles. The van der Waals surface area contributed by atoms with Gasteiger partial charge in [0.05, 0.1) is 18.3 Å². The number of halogens is 1. The second kappa shape index (κ2) is 6.41. The molecule has 1 unspecified atom stereocenters. The summed E-state index contributed by atoms with van der Waals surface area (Å²) in [6.07, 6.45) is 2.06. The van der Waals surface area contributed by atoms with Crippen molar-refractivity contribution in [3.8, 4) is 5.69 Å². The monoisotopic (exact) mass is 395 g/mol. The van der Waals surface area contributed by atoms with E-state index in [4.69, 9.17) is 0 Å². The molecule has 126 valence electrons. The predicted octanol–water partition coefficient (Wildman–Crippen LogP) is 5.35. The van der Waals surface area contributed by atoms with Gasteiger partial charge in [0.25, 0.3) is 0 Å². The molecule has 5 heteroatoms. The molecule has 0 bridgehead atoms. The van der Waals surface area contributed by atoms with Crippen LogP contribution in [0, 0.1) is 0 Å². The van der Waals surface area contributed by atoms with Crippen molar-refractivity contribution in [3.05, 3.63) is 82.6 Å². The molecular weight excluding hydrogens is 378 g/mol. The number of carbonyl (C=O) groups is 1. The lowest BCUT2D eigenvalue weighted by molar-refractivity contribution is 0.189. The van der Waals surface area contributed by atoms with Crippen molar-refractivity contribution in [1.29, 1.82) is 0 Å². The third kappa shape index (κ3) is 2.96. The van der Waals surface area contributed by atoms with Crippen molar-refractivity contribution >= 4 is 27.6 Å². The van der Waals surface area contributed by atoms with Crippen molar-refractivity contribution in [2.75, 3.05) is 5.32 Å². The summed E-state index contributed by atoms with van der Waals surface area (Å²) in [5.74, 6) is 0. The van der Waals surface area contributed by atoms with Crippen LogP contribution in [0.15, 0.2) is 71.3 Å². The van der Waals surface area contributed by atoms with E-state index in [1.807, 2.05) is 47.4 Å². The number of urea groups is 1. The number of amides is 2. The molecule has 4 nitrogen and oxygen atoms in total. The van der Waals surface area contributed by atoms with Gasteiger partial charge in [-0.1, -0.05) is 34.1 Å². The Kier molecular flexibility index (Phi) is 4.09. The first-order valence-corrected chi connectivity index (χ1v) is 9.01. The summed E-state index contributed by atoms with van der Waals surface area (Å²) >= 11 is 3.41. The number of anilines is 1. The standard InChI is InChI=1S/C20H18BrN3O/c1-14-18-7-4-12-23(18)19-6-3-2-5-15(19)13-24(14)20(25)22-17-10-8-16(21)9-11-17/h2-12,14H,13H2,1H3,(H,22,25). The van der Waals surface area contributed by atoms with Gasteiger partial charge in [-0.05, 0) is 55.0 Å². The Balaban J connectivity index is 1.68. The van der Waals surface area contributed by atoms with E-state index in [2.05, 4.69) is 57.1 Å². The highest BCUT2D eigenvalue weighted by Gasteiger charge is 2.28. The maximum absolute atomic E-state index is 13.0. The average Bonchev–Trinajstić information content (AvgIpc) is 3.07. The molecular formula is C20H18BrN3O. The molecule has 4 rings (SSSR count). The van der Waals surface area contributed by atoms with Crippen LogP contribution in [0.3, 0.4) is 0 Å². The Hall–Kier alpha value is -2.53. The lowest BCUT2D eigenvalue weighted by Crippen LogP contribution is -2.36. The Labute approximate surface area is 155 Å². The molecule has 3 aromatic rings. The molecule has 0 radical (unpaired) electrons. The molecule has 0 spiro atoms. The number of fused-ring (bicyclic) bond motifs is 3. The topological polar surface area (TPSA) is 37.3 Å². The maximum atomic E-state index is 13.0. The number of carbonyl (C=O) groups excluding carboxylic acids is 1. The molecule has 0 saturated heterocycles. The van der Waals surface area contributed by atoms with E-state index in [1.54, 1.807) is 0 Å². The van der Waals surface area contributed by atoms with Gasteiger partial charge < -0.3 is 14.8 Å². The van der Waals surface area contributed by atoms with Crippen molar-refractivity contribution < 1.29 is 4.79 Å². The van der Waals surface area contributed by atoms with Crippen LogP contribution >= 0.6 is 15.9 Å². The molecule has 1 aromatic heterocycles. The van der Waals surface area contributed by atoms with E-state index in [1.165, 1.54) is 0 Å². The van der Waals surface area contributed by atoms with Gasteiger partial charge in [-0.3, -0.25) is 0 Å². The fraction of sp³-hybridized carbons (Fsp3) is 0.150. The fourth-order valence-corrected chi connectivity index (χ4v) is 3.55. The fourth-order valence-electron chi connectivity index (χ4n) is 3.29. The number of hydrogen-bond donors (Lipinski definition) is 1. The van der Waals surface area contributed by atoms with Gasteiger partial charge in [0.2, 0.25) is 0 Å². The van der Waals surface area contributed by atoms with E-state index in [-0.39, 0.29) is 12.1 Å². The third-order valence-electron chi connectivity index (χ3n) is 4.62. The molecule has 2 amide bonds. The molecule has 1 aliphatic rings. The summed E-state index contributed by atoms with van der Waals surface area (Å²) in [5, 5.41) is 3.01. The second-order valence-corrected chi connectivity index (χ2v) is 7.09. The molecule has 25 heavy (non-hydrogen) atoms. The minimum Gasteiger partial charge on any atom is -0.318 e. The van der Waals surface area contributed by atoms with Gasteiger partial charge >= 0.3 is 6.03 Å². The third-order valence-corrected chi connectivity index (χ3v) is 5.15. The van der Waals surface area contributed by atoms with E-state index in [0.29, 0.717) is 6.54 Å². The van der Waals surface area contributed by atoms with Crippen LogP contribution in [-0.4, -0.2) is 15.5 Å². The van der Waals surface area contributed by atoms with Crippen LogP contribution in [-0.2, 0) is 6.54 Å². The zero-order valence-electron chi connectivity index (χ0n) is 13.8. The average molecular weight is 396 g/mol. The van der Waals surface area contributed by atoms with Crippen molar-refractivity contribution in [2.24, 2.45) is 0 Å². The molecule has 2 heterocycles.